The van der Waals surface area contributed by atoms with E-state index in [1.165, 1.54) is 64.2 Å². The fourth-order valence-corrected chi connectivity index (χ4v) is 9.76. The summed E-state index contributed by atoms with van der Waals surface area (Å²) in [5.74, 6) is 5.77. The van der Waals surface area contributed by atoms with Crippen molar-refractivity contribution < 1.29 is 10.2 Å². The molecule has 5 fully saturated rings. The first-order valence-electron chi connectivity index (χ1n) is 13.5. The molecular formula is C28H48O2. The molecule has 5 aliphatic rings. The Morgan fingerprint density at radius 3 is 2.27 bits per heavy atom. The topological polar surface area (TPSA) is 40.5 Å². The fourth-order valence-electron chi connectivity index (χ4n) is 9.76. The average Bonchev–Trinajstić information content (AvgIpc) is 3.48. The largest absolute Gasteiger partial charge is 0.393 e. The van der Waals surface area contributed by atoms with Crippen LogP contribution in [0.1, 0.15) is 111 Å². The van der Waals surface area contributed by atoms with Gasteiger partial charge >= 0.3 is 0 Å². The van der Waals surface area contributed by atoms with Crippen molar-refractivity contribution in [1.29, 1.82) is 0 Å². The van der Waals surface area contributed by atoms with E-state index in [2.05, 4.69) is 27.7 Å². The van der Waals surface area contributed by atoms with Gasteiger partial charge in [0.2, 0.25) is 0 Å². The van der Waals surface area contributed by atoms with Crippen LogP contribution in [0, 0.1) is 52.3 Å². The average molecular weight is 417 g/mol. The Morgan fingerprint density at radius 1 is 0.800 bits per heavy atom. The van der Waals surface area contributed by atoms with E-state index in [0.29, 0.717) is 16.7 Å². The van der Waals surface area contributed by atoms with Crippen molar-refractivity contribution in [2.24, 2.45) is 52.3 Å². The van der Waals surface area contributed by atoms with Crippen molar-refractivity contribution >= 4 is 0 Å². The van der Waals surface area contributed by atoms with Crippen LogP contribution in [0.4, 0.5) is 0 Å². The minimum atomic E-state index is -0.418. The summed E-state index contributed by atoms with van der Waals surface area (Å²) in [6, 6.07) is 0. The van der Waals surface area contributed by atoms with Gasteiger partial charge in [-0.05, 0) is 143 Å². The zero-order chi connectivity index (χ0) is 21.3. The fraction of sp³-hybridized carbons (Fsp3) is 1.00. The van der Waals surface area contributed by atoms with E-state index >= 15 is 0 Å². The maximum absolute atomic E-state index is 10.7. The van der Waals surface area contributed by atoms with Gasteiger partial charge in [0, 0.05) is 0 Å². The Hall–Kier alpha value is -0.0800. The smallest absolute Gasteiger partial charge is 0.0622 e. The molecule has 2 nitrogen and oxygen atoms in total. The number of hydrogen-bond donors (Lipinski definition) is 2. The molecule has 0 aromatic heterocycles. The van der Waals surface area contributed by atoms with Crippen LogP contribution in [0.3, 0.4) is 0 Å². The normalized spacial score (nSPS) is 52.8. The van der Waals surface area contributed by atoms with Crippen molar-refractivity contribution in [3.05, 3.63) is 0 Å². The summed E-state index contributed by atoms with van der Waals surface area (Å²) in [6.07, 6.45) is 16.6. The van der Waals surface area contributed by atoms with Crippen LogP contribution < -0.4 is 0 Å². The van der Waals surface area contributed by atoms with E-state index in [1.807, 2.05) is 0 Å². The number of rotatable bonds is 5. The Bertz CT molecular complexity index is 639. The van der Waals surface area contributed by atoms with Gasteiger partial charge in [-0.25, -0.2) is 0 Å². The first-order valence-corrected chi connectivity index (χ1v) is 13.5. The summed E-state index contributed by atoms with van der Waals surface area (Å²) in [5, 5.41) is 21.1. The van der Waals surface area contributed by atoms with Crippen LogP contribution in [-0.4, -0.2) is 21.9 Å². The number of aliphatic hydroxyl groups is 2. The third-order valence-corrected chi connectivity index (χ3v) is 11.8. The molecule has 0 radical (unpaired) electrons. The monoisotopic (exact) mass is 416 g/mol. The third-order valence-electron chi connectivity index (χ3n) is 11.8. The first-order chi connectivity index (χ1) is 14.1. The van der Waals surface area contributed by atoms with Crippen molar-refractivity contribution in [1.82, 2.24) is 0 Å². The highest BCUT2D eigenvalue weighted by molar-refractivity contribution is 5.10. The molecule has 0 aromatic rings. The van der Waals surface area contributed by atoms with Crippen LogP contribution in [0.15, 0.2) is 0 Å². The maximum atomic E-state index is 10.7. The first kappa shape index (κ1) is 21.7. The van der Waals surface area contributed by atoms with Crippen LogP contribution in [-0.2, 0) is 0 Å². The number of aliphatic hydroxyl groups excluding tert-OH is 1. The molecule has 172 valence electrons. The van der Waals surface area contributed by atoms with Crippen LogP contribution in [0.2, 0.25) is 0 Å². The van der Waals surface area contributed by atoms with Crippen molar-refractivity contribution in [3.8, 4) is 0 Å². The highest BCUT2D eigenvalue weighted by Gasteiger charge is 2.61. The number of fused-ring (bicyclic) bond motifs is 5. The summed E-state index contributed by atoms with van der Waals surface area (Å²) in [7, 11) is 0. The summed E-state index contributed by atoms with van der Waals surface area (Å²) in [4.78, 5) is 0. The second-order valence-corrected chi connectivity index (χ2v) is 13.5. The van der Waals surface area contributed by atoms with Crippen LogP contribution in [0.5, 0.6) is 0 Å². The Labute approximate surface area is 185 Å². The molecule has 2 N–H and O–H groups in total. The van der Waals surface area contributed by atoms with E-state index in [1.54, 1.807) is 0 Å². The van der Waals surface area contributed by atoms with Gasteiger partial charge in [-0.2, -0.15) is 0 Å². The van der Waals surface area contributed by atoms with Gasteiger partial charge in [-0.1, -0.05) is 20.8 Å². The van der Waals surface area contributed by atoms with Crippen molar-refractivity contribution in [2.75, 3.05) is 0 Å². The lowest BCUT2D eigenvalue weighted by atomic mass is 9.43. The quantitative estimate of drug-likeness (QED) is 0.531. The zero-order valence-corrected chi connectivity index (χ0v) is 20.2. The van der Waals surface area contributed by atoms with Crippen molar-refractivity contribution in [2.45, 2.75) is 123 Å². The van der Waals surface area contributed by atoms with Gasteiger partial charge in [0.1, 0.15) is 0 Å². The molecule has 5 rings (SSSR count). The maximum Gasteiger partial charge on any atom is 0.0622 e. The molecule has 10 atom stereocenters. The molecule has 1 unspecified atom stereocenters. The molecule has 30 heavy (non-hydrogen) atoms. The summed E-state index contributed by atoms with van der Waals surface area (Å²) in [5.41, 5.74) is 0.595. The summed E-state index contributed by atoms with van der Waals surface area (Å²) >= 11 is 0. The zero-order valence-electron chi connectivity index (χ0n) is 20.2. The molecule has 5 saturated carbocycles. The number of hydrogen-bond acceptors (Lipinski definition) is 2. The highest BCUT2D eigenvalue weighted by Crippen LogP contribution is 2.68. The highest BCUT2D eigenvalue weighted by atomic mass is 16.3. The molecule has 0 amide bonds. The van der Waals surface area contributed by atoms with Gasteiger partial charge in [-0.3, -0.25) is 0 Å². The van der Waals surface area contributed by atoms with Gasteiger partial charge in [0.25, 0.3) is 0 Å². The lowest BCUT2D eigenvalue weighted by molar-refractivity contribution is -0.148. The minimum Gasteiger partial charge on any atom is -0.393 e. The van der Waals surface area contributed by atoms with E-state index in [0.717, 1.165) is 54.8 Å². The molecule has 0 heterocycles. The SMILES string of the molecule is C[C@H](CC[C@H](O)C1CC1)[C@H]1CC[C@H]2C3CC[C@H]4C[C@@](C)(O)CC[C@]4(C)[C@H]3CC[C@]12C. The van der Waals surface area contributed by atoms with Crippen molar-refractivity contribution in [3.63, 3.8) is 0 Å². The van der Waals surface area contributed by atoms with E-state index in [4.69, 9.17) is 0 Å². The van der Waals surface area contributed by atoms with Gasteiger partial charge in [0.05, 0.1) is 11.7 Å². The molecule has 0 spiro atoms. The predicted octanol–water partition coefficient (Wildman–Crippen LogP) is 6.58. The van der Waals surface area contributed by atoms with Crippen LogP contribution in [0.25, 0.3) is 0 Å². The van der Waals surface area contributed by atoms with Gasteiger partial charge in [-0.15, -0.1) is 0 Å². The van der Waals surface area contributed by atoms with Crippen LogP contribution >= 0.6 is 0 Å². The van der Waals surface area contributed by atoms with E-state index in [9.17, 15) is 10.2 Å². The minimum absolute atomic E-state index is 0.0214. The molecule has 0 saturated heterocycles. The molecular weight excluding hydrogens is 368 g/mol. The molecule has 0 aromatic carbocycles. The molecule has 2 heteroatoms. The van der Waals surface area contributed by atoms with E-state index < -0.39 is 5.60 Å². The second kappa shape index (κ2) is 7.47. The van der Waals surface area contributed by atoms with Gasteiger partial charge in [0.15, 0.2) is 0 Å². The Kier molecular flexibility index (Phi) is 5.42. The third kappa shape index (κ3) is 3.51. The second-order valence-electron chi connectivity index (χ2n) is 13.5. The lowest BCUT2D eigenvalue weighted by Crippen LogP contribution is -2.55. The molecule has 5 aliphatic carbocycles. The Balaban J connectivity index is 1.28. The van der Waals surface area contributed by atoms with Gasteiger partial charge < -0.3 is 10.2 Å². The Morgan fingerprint density at radius 2 is 1.53 bits per heavy atom. The summed E-state index contributed by atoms with van der Waals surface area (Å²) < 4.78 is 0. The molecule has 0 aliphatic heterocycles. The summed E-state index contributed by atoms with van der Waals surface area (Å²) in [6.45, 7) is 9.87. The van der Waals surface area contributed by atoms with E-state index in [-0.39, 0.29) is 6.10 Å². The standard InChI is InChI=1S/C28H48O2/c1-18(5-12-25(29)19-6-7-19)22-10-11-23-21-9-8-20-17-26(2,30)15-16-27(20,3)24(21)13-14-28(22,23)4/h18-25,29-30H,5-17H2,1-4H3/t18-,20+,21?,22-,23+,24+,25+,26+,27+,28-/m1/s1. The molecule has 0 bridgehead atoms. The predicted molar refractivity (Wildman–Crippen MR) is 123 cm³/mol. The lowest BCUT2D eigenvalue weighted by Gasteiger charge is -2.62.